The van der Waals surface area contributed by atoms with Crippen LogP contribution in [0, 0.1) is 13.8 Å². The summed E-state index contributed by atoms with van der Waals surface area (Å²) in [6, 6.07) is 21.2. The van der Waals surface area contributed by atoms with Gasteiger partial charge in [0.2, 0.25) is 0 Å². The van der Waals surface area contributed by atoms with E-state index < -0.39 is 0 Å². The van der Waals surface area contributed by atoms with Crippen LogP contribution in [0.15, 0.2) is 95.2 Å². The number of rotatable bonds is 4. The first-order valence-corrected chi connectivity index (χ1v) is 9.98. The molecule has 0 N–H and O–H groups in total. The van der Waals surface area contributed by atoms with Gasteiger partial charge in [0, 0.05) is 24.8 Å². The number of nitrogens with zero attached hydrogens (tertiary/aromatic N) is 4. The average molecular weight is 486 g/mol. The van der Waals surface area contributed by atoms with Crippen molar-refractivity contribution in [1.82, 2.24) is 9.97 Å². The Morgan fingerprint density at radius 3 is 1.36 bits per heavy atom. The van der Waals surface area contributed by atoms with E-state index in [0.29, 0.717) is 22.8 Å². The van der Waals surface area contributed by atoms with Crippen molar-refractivity contribution < 1.29 is 27.3 Å². The zero-order valence-electron chi connectivity index (χ0n) is 18.1. The molecule has 4 rings (SSSR count). The molecule has 0 aliphatic heterocycles. The van der Waals surface area contributed by atoms with Crippen molar-refractivity contribution in [2.45, 2.75) is 13.8 Å². The summed E-state index contributed by atoms with van der Waals surface area (Å²) in [7, 11) is 0. The molecule has 0 spiro atoms. The molecule has 0 aliphatic carbocycles. The van der Waals surface area contributed by atoms with Crippen LogP contribution in [0.5, 0.6) is 11.5 Å². The van der Waals surface area contributed by atoms with E-state index >= 15 is 0 Å². The number of aromatic nitrogens is 2. The number of aryl methyl sites for hydroxylation is 2. The second-order valence-corrected chi connectivity index (χ2v) is 6.88. The first-order valence-electron chi connectivity index (χ1n) is 9.98. The number of benzene rings is 2. The van der Waals surface area contributed by atoms with E-state index in [1.807, 2.05) is 50.2 Å². The Labute approximate surface area is 203 Å². The summed E-state index contributed by atoms with van der Waals surface area (Å²) < 4.78 is 0. The molecule has 0 bridgehead atoms. The molecule has 0 saturated heterocycles. The molecule has 0 fully saturated rings. The molecular weight excluding hydrogens is 464 g/mol. The predicted molar refractivity (Wildman–Crippen MR) is 124 cm³/mol. The fraction of sp³-hybridized carbons (Fsp3) is 0.0769. The van der Waals surface area contributed by atoms with Crippen LogP contribution in [0.1, 0.15) is 22.3 Å². The molecule has 0 aliphatic rings. The number of aliphatic imine (C=N–C) groups is 2. The average Bonchev–Trinajstić information content (AvgIpc) is 2.80. The van der Waals surface area contributed by atoms with Crippen LogP contribution in [0.4, 0.5) is 11.6 Å². The maximum Gasteiger partial charge on any atom is 2.00 e. The molecule has 1 radical (unpaired) electrons. The molecule has 2 aromatic carbocycles. The summed E-state index contributed by atoms with van der Waals surface area (Å²) in [5, 5.41) is 22.8. The molecule has 169 valence electrons. The van der Waals surface area contributed by atoms with Gasteiger partial charge < -0.3 is 10.2 Å². The SMILES string of the molecule is Cc1cccnc1/N=C/c1ccccc1[O-].Cc1cccnc1/N=C/c1ccccc1[O-].[Cu+2]. The Bertz CT molecular complexity index is 1050. The normalized spacial score (nSPS) is 10.5. The van der Waals surface area contributed by atoms with Crippen LogP contribution in [-0.4, -0.2) is 22.4 Å². The Balaban J connectivity index is 0.000000227. The molecule has 2 heterocycles. The standard InChI is InChI=1S/2C13H12N2O.Cu/c2*1-10-5-4-8-14-13(10)15-9-11-6-2-3-7-12(11)16;/h2*2-9,16H,1H3;/q;;+2/p-2/b2*15-9+;. The van der Waals surface area contributed by atoms with Crippen LogP contribution >= 0.6 is 0 Å². The quantitative estimate of drug-likeness (QED) is 0.315. The van der Waals surface area contributed by atoms with Crippen molar-refractivity contribution in [1.29, 1.82) is 0 Å². The van der Waals surface area contributed by atoms with Crippen molar-refractivity contribution in [3.05, 3.63) is 107 Å². The second kappa shape index (κ2) is 12.9. The van der Waals surface area contributed by atoms with Crippen molar-refractivity contribution in [3.63, 3.8) is 0 Å². The summed E-state index contributed by atoms with van der Waals surface area (Å²) >= 11 is 0. The molecule has 2 aromatic heterocycles. The van der Waals surface area contributed by atoms with E-state index in [2.05, 4.69) is 20.0 Å². The third kappa shape index (κ3) is 7.68. The second-order valence-electron chi connectivity index (χ2n) is 6.88. The molecule has 33 heavy (non-hydrogen) atoms. The molecule has 0 atom stereocenters. The minimum absolute atomic E-state index is 0. The first kappa shape index (κ1) is 25.5. The molecule has 0 amide bonds. The van der Waals surface area contributed by atoms with Crippen molar-refractivity contribution >= 4 is 24.1 Å². The topological polar surface area (TPSA) is 96.6 Å². The predicted octanol–water partition coefficient (Wildman–Crippen LogP) is 4.43. The molecular formula is C26H22CuN4O2. The van der Waals surface area contributed by atoms with Gasteiger partial charge in [-0.2, -0.15) is 0 Å². The number of para-hydroxylation sites is 2. The Morgan fingerprint density at radius 1 is 0.606 bits per heavy atom. The maximum absolute atomic E-state index is 11.4. The van der Waals surface area contributed by atoms with Crippen LogP contribution in [0.3, 0.4) is 0 Å². The molecule has 6 nitrogen and oxygen atoms in total. The first-order chi connectivity index (χ1) is 15.5. The zero-order valence-corrected chi connectivity index (χ0v) is 19.1. The van der Waals surface area contributed by atoms with Gasteiger partial charge in [-0.3, -0.25) is 0 Å². The molecule has 4 aromatic rings. The van der Waals surface area contributed by atoms with Gasteiger partial charge in [0.05, 0.1) is 0 Å². The van der Waals surface area contributed by atoms with Crippen molar-refractivity contribution in [2.24, 2.45) is 9.98 Å². The number of pyridine rings is 2. The van der Waals surface area contributed by atoms with E-state index in [0.717, 1.165) is 11.1 Å². The van der Waals surface area contributed by atoms with E-state index in [1.165, 1.54) is 12.1 Å². The van der Waals surface area contributed by atoms with Gasteiger partial charge in [-0.05, 0) is 48.2 Å². The van der Waals surface area contributed by atoms with Gasteiger partial charge in [-0.15, -0.1) is 11.5 Å². The van der Waals surface area contributed by atoms with E-state index in [4.69, 9.17) is 0 Å². The molecule has 0 saturated carbocycles. The van der Waals surface area contributed by atoms with Crippen LogP contribution in [0.2, 0.25) is 0 Å². The van der Waals surface area contributed by atoms with Gasteiger partial charge in [-0.25, -0.2) is 20.0 Å². The van der Waals surface area contributed by atoms with Gasteiger partial charge in [0.25, 0.3) is 0 Å². The maximum atomic E-state index is 11.4. The van der Waals surface area contributed by atoms with Crippen LogP contribution < -0.4 is 10.2 Å². The minimum Gasteiger partial charge on any atom is -0.872 e. The fourth-order valence-electron chi connectivity index (χ4n) is 2.66. The van der Waals surface area contributed by atoms with E-state index in [9.17, 15) is 10.2 Å². The number of hydrogen-bond donors (Lipinski definition) is 0. The number of hydrogen-bond acceptors (Lipinski definition) is 6. The zero-order chi connectivity index (χ0) is 22.8. The largest absolute Gasteiger partial charge is 2.00 e. The van der Waals surface area contributed by atoms with Gasteiger partial charge in [-0.1, -0.05) is 60.7 Å². The third-order valence-corrected chi connectivity index (χ3v) is 4.45. The monoisotopic (exact) mass is 485 g/mol. The fourth-order valence-corrected chi connectivity index (χ4v) is 2.66. The summed E-state index contributed by atoms with van der Waals surface area (Å²) in [5.41, 5.74) is 3.13. The summed E-state index contributed by atoms with van der Waals surface area (Å²) in [5.74, 6) is 1.23. The summed E-state index contributed by atoms with van der Waals surface area (Å²) in [6.07, 6.45) is 6.47. The van der Waals surface area contributed by atoms with Crippen LogP contribution in [0.25, 0.3) is 0 Å². The molecule has 7 heteroatoms. The smallest absolute Gasteiger partial charge is 0.872 e. The summed E-state index contributed by atoms with van der Waals surface area (Å²) in [4.78, 5) is 16.6. The Hall–Kier alpha value is -3.80. The van der Waals surface area contributed by atoms with Gasteiger partial charge >= 0.3 is 17.1 Å². The van der Waals surface area contributed by atoms with Gasteiger partial charge in [0.1, 0.15) is 0 Å². The van der Waals surface area contributed by atoms with E-state index in [1.54, 1.807) is 49.1 Å². The van der Waals surface area contributed by atoms with Crippen molar-refractivity contribution in [3.8, 4) is 11.5 Å². The van der Waals surface area contributed by atoms with Gasteiger partial charge in [0.15, 0.2) is 11.6 Å². The van der Waals surface area contributed by atoms with Crippen molar-refractivity contribution in [2.75, 3.05) is 0 Å². The molecule has 0 unspecified atom stereocenters. The third-order valence-electron chi connectivity index (χ3n) is 4.45. The Kier molecular flexibility index (Phi) is 9.96. The minimum atomic E-state index is -0.0279. The van der Waals surface area contributed by atoms with E-state index in [-0.39, 0.29) is 28.6 Å². The van der Waals surface area contributed by atoms with Crippen LogP contribution in [-0.2, 0) is 17.1 Å². The summed E-state index contributed by atoms with van der Waals surface area (Å²) in [6.45, 7) is 3.87. The Morgan fingerprint density at radius 2 is 1.00 bits per heavy atom.